The molecule has 0 aliphatic rings. The highest BCUT2D eigenvalue weighted by molar-refractivity contribution is 8.22. The summed E-state index contributed by atoms with van der Waals surface area (Å²) in [5, 5.41) is 3.11. The van der Waals surface area contributed by atoms with Gasteiger partial charge in [-0.1, -0.05) is 29.9 Å². The van der Waals surface area contributed by atoms with Gasteiger partial charge in [-0.2, -0.15) is 0 Å². The fraction of sp³-hybridized carbons (Fsp3) is 0.222. The molecule has 0 amide bonds. The molecule has 1 rings (SSSR count). The summed E-state index contributed by atoms with van der Waals surface area (Å²) in [5.41, 5.74) is 2.32. The van der Waals surface area contributed by atoms with Gasteiger partial charge in [-0.15, -0.1) is 11.8 Å². The van der Waals surface area contributed by atoms with Crippen LogP contribution in [-0.4, -0.2) is 10.6 Å². The number of anilines is 1. The number of rotatable bonds is 1. The Kier molecular flexibility index (Phi) is 3.56. The molecule has 0 atom stereocenters. The van der Waals surface area contributed by atoms with Crippen LogP contribution < -0.4 is 5.32 Å². The van der Waals surface area contributed by atoms with Crippen LogP contribution in [0, 0.1) is 6.92 Å². The Balaban J connectivity index is 2.64. The first-order chi connectivity index (χ1) is 5.72. The van der Waals surface area contributed by atoms with Gasteiger partial charge in [-0.25, -0.2) is 0 Å². The van der Waals surface area contributed by atoms with Crippen LogP contribution in [0.4, 0.5) is 5.69 Å². The SMILES string of the molecule is CSC(=S)Nc1ccc(C)cc1. The average molecular weight is 197 g/mol. The number of thiocarbonyl (C=S) groups is 1. The zero-order valence-corrected chi connectivity index (χ0v) is 8.76. The topological polar surface area (TPSA) is 12.0 Å². The van der Waals surface area contributed by atoms with E-state index in [1.165, 1.54) is 5.56 Å². The Morgan fingerprint density at radius 2 is 1.92 bits per heavy atom. The van der Waals surface area contributed by atoms with Crippen LogP contribution in [0.15, 0.2) is 24.3 Å². The van der Waals surface area contributed by atoms with Gasteiger partial charge >= 0.3 is 0 Å². The zero-order chi connectivity index (χ0) is 8.97. The highest BCUT2D eigenvalue weighted by Crippen LogP contribution is 2.10. The summed E-state index contributed by atoms with van der Waals surface area (Å²) >= 11 is 6.57. The molecule has 1 N–H and O–H groups in total. The van der Waals surface area contributed by atoms with Crippen LogP contribution in [0.25, 0.3) is 0 Å². The third-order valence-corrected chi connectivity index (χ3v) is 2.56. The molecular weight excluding hydrogens is 186 g/mol. The average Bonchev–Trinajstić information content (AvgIpc) is 2.09. The molecular formula is C9H11NS2. The number of hydrogen-bond acceptors (Lipinski definition) is 2. The second kappa shape index (κ2) is 4.48. The molecule has 64 valence electrons. The van der Waals surface area contributed by atoms with Crippen molar-refractivity contribution in [1.29, 1.82) is 0 Å². The van der Waals surface area contributed by atoms with Crippen LogP contribution in [-0.2, 0) is 0 Å². The van der Waals surface area contributed by atoms with Crippen LogP contribution in [0.1, 0.15) is 5.56 Å². The minimum absolute atomic E-state index is 0.804. The third kappa shape index (κ3) is 2.83. The summed E-state index contributed by atoms with van der Waals surface area (Å²) in [6, 6.07) is 8.17. The van der Waals surface area contributed by atoms with Gasteiger partial charge in [0.2, 0.25) is 0 Å². The summed E-state index contributed by atoms with van der Waals surface area (Å²) < 4.78 is 0.804. The Labute approximate surface area is 82.6 Å². The Morgan fingerprint density at radius 3 is 2.42 bits per heavy atom. The van der Waals surface area contributed by atoms with Crippen molar-refractivity contribution in [2.75, 3.05) is 11.6 Å². The first-order valence-electron chi connectivity index (χ1n) is 3.64. The molecule has 0 spiro atoms. The molecule has 0 radical (unpaired) electrons. The third-order valence-electron chi connectivity index (χ3n) is 1.48. The normalized spacial score (nSPS) is 9.50. The zero-order valence-electron chi connectivity index (χ0n) is 7.13. The van der Waals surface area contributed by atoms with Gasteiger partial charge in [-0.05, 0) is 25.3 Å². The minimum Gasteiger partial charge on any atom is -0.341 e. The van der Waals surface area contributed by atoms with Crippen molar-refractivity contribution >= 4 is 34.0 Å². The van der Waals surface area contributed by atoms with Crippen molar-refractivity contribution in [3.05, 3.63) is 29.8 Å². The van der Waals surface area contributed by atoms with Crippen molar-refractivity contribution in [1.82, 2.24) is 0 Å². The molecule has 0 unspecified atom stereocenters. The lowest BCUT2D eigenvalue weighted by atomic mass is 10.2. The largest absolute Gasteiger partial charge is 0.341 e. The van der Waals surface area contributed by atoms with Crippen LogP contribution >= 0.6 is 24.0 Å². The van der Waals surface area contributed by atoms with Crippen LogP contribution in [0.3, 0.4) is 0 Å². The van der Waals surface area contributed by atoms with Crippen molar-refractivity contribution in [2.24, 2.45) is 0 Å². The Morgan fingerprint density at radius 1 is 1.33 bits per heavy atom. The van der Waals surface area contributed by atoms with E-state index in [4.69, 9.17) is 12.2 Å². The van der Waals surface area contributed by atoms with Gasteiger partial charge in [0.1, 0.15) is 4.32 Å². The van der Waals surface area contributed by atoms with E-state index in [1.54, 1.807) is 11.8 Å². The van der Waals surface area contributed by atoms with E-state index in [-0.39, 0.29) is 0 Å². The lowest BCUT2D eigenvalue weighted by Crippen LogP contribution is -2.02. The quantitative estimate of drug-likeness (QED) is 0.695. The van der Waals surface area contributed by atoms with Gasteiger partial charge in [0.15, 0.2) is 0 Å². The van der Waals surface area contributed by atoms with E-state index in [2.05, 4.69) is 24.4 Å². The van der Waals surface area contributed by atoms with Crippen molar-refractivity contribution in [3.63, 3.8) is 0 Å². The maximum Gasteiger partial charge on any atom is 0.137 e. The van der Waals surface area contributed by atoms with E-state index in [9.17, 15) is 0 Å². The van der Waals surface area contributed by atoms with Crippen LogP contribution in [0.5, 0.6) is 0 Å². The second-order valence-corrected chi connectivity index (χ2v) is 3.97. The lowest BCUT2D eigenvalue weighted by Gasteiger charge is -2.04. The maximum atomic E-state index is 5.02. The second-order valence-electron chi connectivity index (χ2n) is 2.48. The van der Waals surface area contributed by atoms with Crippen molar-refractivity contribution < 1.29 is 0 Å². The first-order valence-corrected chi connectivity index (χ1v) is 5.27. The number of aryl methyl sites for hydroxylation is 1. The van der Waals surface area contributed by atoms with Crippen LogP contribution in [0.2, 0.25) is 0 Å². The standard InChI is InChI=1S/C9H11NS2/c1-7-3-5-8(6-4-7)10-9(11)12-2/h3-6H,1-2H3,(H,10,11). The molecule has 1 nitrogen and oxygen atoms in total. The summed E-state index contributed by atoms with van der Waals surface area (Å²) in [5.74, 6) is 0. The molecule has 0 saturated carbocycles. The summed E-state index contributed by atoms with van der Waals surface area (Å²) in [6.45, 7) is 2.07. The molecule has 0 saturated heterocycles. The monoisotopic (exact) mass is 197 g/mol. The van der Waals surface area contributed by atoms with Crippen molar-refractivity contribution in [2.45, 2.75) is 6.92 Å². The van der Waals surface area contributed by atoms with E-state index in [1.807, 2.05) is 18.4 Å². The van der Waals surface area contributed by atoms with Crippen molar-refractivity contribution in [3.8, 4) is 0 Å². The molecule has 12 heavy (non-hydrogen) atoms. The molecule has 0 bridgehead atoms. The fourth-order valence-electron chi connectivity index (χ4n) is 0.806. The van der Waals surface area contributed by atoms with E-state index >= 15 is 0 Å². The Bertz CT molecular complexity index is 266. The van der Waals surface area contributed by atoms with E-state index in [0.29, 0.717) is 0 Å². The number of hydrogen-bond donors (Lipinski definition) is 1. The molecule has 0 fully saturated rings. The molecule has 0 aromatic heterocycles. The molecule has 0 aliphatic carbocycles. The van der Waals surface area contributed by atoms with Gasteiger partial charge in [0.05, 0.1) is 0 Å². The first kappa shape index (κ1) is 9.55. The fourth-order valence-corrected chi connectivity index (χ4v) is 1.14. The van der Waals surface area contributed by atoms with Gasteiger partial charge < -0.3 is 5.32 Å². The number of nitrogens with one attached hydrogen (secondary N) is 1. The molecule has 0 heterocycles. The predicted octanol–water partition coefficient (Wildman–Crippen LogP) is 3.05. The lowest BCUT2D eigenvalue weighted by molar-refractivity contribution is 1.47. The minimum atomic E-state index is 0.804. The summed E-state index contributed by atoms with van der Waals surface area (Å²) in [6.07, 6.45) is 1.96. The van der Waals surface area contributed by atoms with Gasteiger partial charge in [-0.3, -0.25) is 0 Å². The highest BCUT2D eigenvalue weighted by Gasteiger charge is 1.93. The number of benzene rings is 1. The maximum absolute atomic E-state index is 5.02. The van der Waals surface area contributed by atoms with E-state index < -0.39 is 0 Å². The predicted molar refractivity (Wildman–Crippen MR) is 60.9 cm³/mol. The van der Waals surface area contributed by atoms with E-state index in [0.717, 1.165) is 10.0 Å². The summed E-state index contributed by atoms with van der Waals surface area (Å²) in [7, 11) is 0. The summed E-state index contributed by atoms with van der Waals surface area (Å²) in [4.78, 5) is 0. The smallest absolute Gasteiger partial charge is 0.137 e. The van der Waals surface area contributed by atoms with Gasteiger partial charge in [0, 0.05) is 5.69 Å². The Hall–Kier alpha value is -0.540. The molecule has 1 aromatic carbocycles. The molecule has 3 heteroatoms. The molecule has 0 aliphatic heterocycles. The number of thioether (sulfide) groups is 1. The highest BCUT2D eigenvalue weighted by atomic mass is 32.2. The van der Waals surface area contributed by atoms with Gasteiger partial charge in [0.25, 0.3) is 0 Å². The molecule has 1 aromatic rings.